The summed E-state index contributed by atoms with van der Waals surface area (Å²) in [6.07, 6.45) is 0.368. The summed E-state index contributed by atoms with van der Waals surface area (Å²) in [4.78, 5) is 64.3. The highest BCUT2D eigenvalue weighted by atomic mass is 16.7. The Bertz CT molecular complexity index is 1300. The van der Waals surface area contributed by atoms with Gasteiger partial charge < -0.3 is 33.5 Å². The van der Waals surface area contributed by atoms with Crippen molar-refractivity contribution in [3.63, 3.8) is 0 Å². The Labute approximate surface area is 270 Å². The summed E-state index contributed by atoms with van der Waals surface area (Å²) < 4.78 is 35.6. The monoisotopic (exact) mass is 648 g/mol. The van der Waals surface area contributed by atoms with Crippen LogP contribution in [0.15, 0.2) is 23.3 Å². The predicted molar refractivity (Wildman–Crippen MR) is 162 cm³/mol. The molecule has 2 saturated heterocycles. The number of hydrogen-bond donors (Lipinski definition) is 1. The van der Waals surface area contributed by atoms with Crippen molar-refractivity contribution in [3.05, 3.63) is 23.3 Å². The minimum Gasteiger partial charge on any atom is -0.462 e. The second-order valence-corrected chi connectivity index (χ2v) is 13.4. The highest BCUT2D eigenvalue weighted by Crippen LogP contribution is 2.65. The van der Waals surface area contributed by atoms with Gasteiger partial charge in [-0.2, -0.15) is 0 Å². The summed E-state index contributed by atoms with van der Waals surface area (Å²) in [5.74, 6) is -4.22. The second-order valence-electron chi connectivity index (χ2n) is 13.4. The Balaban J connectivity index is 1.92. The van der Waals surface area contributed by atoms with E-state index in [2.05, 4.69) is 6.92 Å². The molecule has 0 amide bonds. The molecule has 256 valence electrons. The second kappa shape index (κ2) is 13.5. The van der Waals surface area contributed by atoms with Gasteiger partial charge in [0.25, 0.3) is 0 Å². The highest BCUT2D eigenvalue weighted by Gasteiger charge is 2.87. The van der Waals surface area contributed by atoms with Crippen molar-refractivity contribution < 1.29 is 57.5 Å². The molecule has 4 rings (SSSR count). The van der Waals surface area contributed by atoms with Crippen molar-refractivity contribution in [2.45, 2.75) is 148 Å². The van der Waals surface area contributed by atoms with Crippen LogP contribution in [0, 0.1) is 11.3 Å². The molecule has 2 fully saturated rings. The third kappa shape index (κ3) is 6.22. The van der Waals surface area contributed by atoms with Gasteiger partial charge in [0.15, 0.2) is 29.5 Å². The third-order valence-corrected chi connectivity index (χ3v) is 10.1. The first kappa shape index (κ1) is 35.6. The number of carbonyl (C=O) groups is 5. The number of ether oxygens (including phenoxy) is 6. The minimum absolute atomic E-state index is 0.103. The van der Waals surface area contributed by atoms with Crippen molar-refractivity contribution >= 4 is 29.8 Å². The molecule has 0 bridgehead atoms. The Morgan fingerprint density at radius 3 is 2.13 bits per heavy atom. The maximum atomic E-state index is 13.3. The van der Waals surface area contributed by atoms with Crippen LogP contribution in [-0.2, 0) is 52.4 Å². The van der Waals surface area contributed by atoms with Gasteiger partial charge in [-0.25, -0.2) is 4.79 Å². The Kier molecular flexibility index (Phi) is 10.4. The lowest BCUT2D eigenvalue weighted by atomic mass is 9.56. The first-order valence-electron chi connectivity index (χ1n) is 16.2. The summed E-state index contributed by atoms with van der Waals surface area (Å²) in [5, 5.41) is 12.5. The molecule has 10 atom stereocenters. The Morgan fingerprint density at radius 2 is 1.54 bits per heavy atom. The predicted octanol–water partition coefficient (Wildman–Crippen LogP) is 3.80. The van der Waals surface area contributed by atoms with Gasteiger partial charge in [0.2, 0.25) is 0 Å². The number of fused-ring (bicyclic) bond motifs is 1. The zero-order chi connectivity index (χ0) is 34.2. The number of hydrogen-bond acceptors (Lipinski definition) is 12. The summed E-state index contributed by atoms with van der Waals surface area (Å²) in [6, 6.07) is 0. The van der Waals surface area contributed by atoms with Crippen LogP contribution >= 0.6 is 0 Å². The van der Waals surface area contributed by atoms with Crippen molar-refractivity contribution in [2.75, 3.05) is 0 Å². The fourth-order valence-electron chi connectivity index (χ4n) is 7.73. The lowest BCUT2D eigenvalue weighted by Crippen LogP contribution is -2.65. The van der Waals surface area contributed by atoms with E-state index in [0.717, 1.165) is 25.7 Å². The van der Waals surface area contributed by atoms with E-state index < -0.39 is 89.0 Å². The lowest BCUT2D eigenvalue weighted by molar-refractivity contribution is -0.214. The topological polar surface area (TPSA) is 164 Å². The maximum Gasteiger partial charge on any atom is 0.342 e. The van der Waals surface area contributed by atoms with Crippen molar-refractivity contribution in [2.24, 2.45) is 11.3 Å². The van der Waals surface area contributed by atoms with E-state index in [9.17, 15) is 29.1 Å². The zero-order valence-corrected chi connectivity index (χ0v) is 28.1. The van der Waals surface area contributed by atoms with E-state index >= 15 is 0 Å². The van der Waals surface area contributed by atoms with Crippen LogP contribution in [0.2, 0.25) is 0 Å². The molecule has 1 spiro atoms. The quantitative estimate of drug-likeness (QED) is 0.120. The van der Waals surface area contributed by atoms with Gasteiger partial charge in [-0.1, -0.05) is 51.2 Å². The third-order valence-electron chi connectivity index (χ3n) is 10.1. The van der Waals surface area contributed by atoms with Gasteiger partial charge in [-0.3, -0.25) is 19.2 Å². The van der Waals surface area contributed by atoms with Gasteiger partial charge in [-0.15, -0.1) is 0 Å². The number of epoxide rings is 1. The summed E-state index contributed by atoms with van der Waals surface area (Å²) in [7, 11) is 0. The SMILES string of the molecule is CCCCCCCC(=O)OC1C(C)=CC2OC(=O)C3(C)OC23C(OC(C)=O)C2C(C)=CCC(OC(C)=O)C2(C)C(O)C1OC(C)=O. The van der Waals surface area contributed by atoms with Gasteiger partial charge in [0.1, 0.15) is 18.3 Å². The molecule has 12 heteroatoms. The molecule has 10 unspecified atom stereocenters. The number of carbonyl (C=O) groups excluding carboxylic acids is 5. The number of unbranched alkanes of at least 4 members (excludes halogenated alkanes) is 4. The maximum absolute atomic E-state index is 13.3. The highest BCUT2D eigenvalue weighted by molar-refractivity contribution is 5.89. The fourth-order valence-corrected chi connectivity index (χ4v) is 7.73. The summed E-state index contributed by atoms with van der Waals surface area (Å²) >= 11 is 0. The Morgan fingerprint density at radius 1 is 0.913 bits per heavy atom. The molecule has 1 N–H and O–H groups in total. The summed E-state index contributed by atoms with van der Waals surface area (Å²) in [6.45, 7) is 12.3. The van der Waals surface area contributed by atoms with Crippen LogP contribution in [0.3, 0.4) is 0 Å². The van der Waals surface area contributed by atoms with Crippen LogP contribution < -0.4 is 0 Å². The molecule has 2 heterocycles. The normalized spacial score (nSPS) is 38.0. The van der Waals surface area contributed by atoms with E-state index in [4.69, 9.17) is 28.4 Å². The molecule has 4 aliphatic rings. The first-order valence-corrected chi connectivity index (χ1v) is 16.2. The standard InChI is InChI=1S/C34H48O12/c1-9-10-11-12-13-14-25(38)45-27-19(3)17-24-34(33(8,46-34)31(40)44-24)30(43-22(6)37)26-18(2)15-16-23(41-20(4)35)32(26,7)29(39)28(27)42-21(5)36/h15,17,23-24,26-30,39H,9-14,16H2,1-8H3. The molecule has 0 saturated carbocycles. The van der Waals surface area contributed by atoms with Gasteiger partial charge in [0.05, 0.1) is 0 Å². The van der Waals surface area contributed by atoms with Crippen LogP contribution in [0.1, 0.15) is 100 Å². The Hall–Kier alpha value is -3.25. The van der Waals surface area contributed by atoms with Gasteiger partial charge >= 0.3 is 29.8 Å². The van der Waals surface area contributed by atoms with Crippen molar-refractivity contribution in [3.8, 4) is 0 Å². The van der Waals surface area contributed by atoms with E-state index in [1.165, 1.54) is 20.8 Å². The molecule has 46 heavy (non-hydrogen) atoms. The van der Waals surface area contributed by atoms with E-state index in [1.807, 2.05) is 6.08 Å². The summed E-state index contributed by atoms with van der Waals surface area (Å²) in [5.41, 5.74) is -3.60. The molecule has 2 aliphatic heterocycles. The fraction of sp³-hybridized carbons (Fsp3) is 0.735. The van der Waals surface area contributed by atoms with Gasteiger partial charge in [-0.05, 0) is 38.8 Å². The molecular weight excluding hydrogens is 600 g/mol. The van der Waals surface area contributed by atoms with Crippen LogP contribution in [0.4, 0.5) is 0 Å². The molecular formula is C34H48O12. The molecule has 2 aliphatic carbocycles. The lowest BCUT2D eigenvalue weighted by Gasteiger charge is -2.53. The van der Waals surface area contributed by atoms with Crippen LogP contribution in [0.5, 0.6) is 0 Å². The smallest absolute Gasteiger partial charge is 0.342 e. The van der Waals surface area contributed by atoms with Crippen molar-refractivity contribution in [1.29, 1.82) is 0 Å². The van der Waals surface area contributed by atoms with Crippen LogP contribution in [-0.4, -0.2) is 82.8 Å². The number of rotatable bonds is 10. The number of aliphatic hydroxyl groups is 1. The van der Waals surface area contributed by atoms with E-state index in [1.54, 1.807) is 33.8 Å². The molecule has 0 aromatic carbocycles. The molecule has 12 nitrogen and oxygen atoms in total. The average Bonchev–Trinajstić information content (AvgIpc) is 3.55. The molecule has 0 aromatic rings. The zero-order valence-electron chi connectivity index (χ0n) is 28.1. The average molecular weight is 649 g/mol. The number of esters is 5. The molecule has 0 aromatic heterocycles. The minimum atomic E-state index is -1.64. The number of aliphatic hydroxyl groups excluding tert-OH is 1. The van der Waals surface area contributed by atoms with E-state index in [-0.39, 0.29) is 12.8 Å². The first-order chi connectivity index (χ1) is 21.5. The molecule has 0 radical (unpaired) electrons. The van der Waals surface area contributed by atoms with Crippen LogP contribution in [0.25, 0.3) is 0 Å². The van der Waals surface area contributed by atoms with E-state index in [0.29, 0.717) is 17.6 Å². The van der Waals surface area contributed by atoms with Crippen molar-refractivity contribution in [1.82, 2.24) is 0 Å². The largest absolute Gasteiger partial charge is 0.462 e. The van der Waals surface area contributed by atoms with Gasteiger partial charge in [0, 0.05) is 44.9 Å².